The van der Waals surface area contributed by atoms with Crippen molar-refractivity contribution in [3.8, 4) is 0 Å². The molecule has 0 spiro atoms. The standard InChI is InChI=1S/C10H19NO4S/c12-16(13)4-2-9(7-16)5-11-6-10-1-3-14-8-15-10/h9-11H,1-8H2. The summed E-state index contributed by atoms with van der Waals surface area (Å²) in [6, 6.07) is 0. The monoisotopic (exact) mass is 249 g/mol. The molecule has 16 heavy (non-hydrogen) atoms. The van der Waals surface area contributed by atoms with Crippen molar-refractivity contribution in [3.63, 3.8) is 0 Å². The third-order valence-electron chi connectivity index (χ3n) is 3.10. The molecular weight excluding hydrogens is 230 g/mol. The van der Waals surface area contributed by atoms with E-state index in [1.54, 1.807) is 0 Å². The fraction of sp³-hybridized carbons (Fsp3) is 1.00. The van der Waals surface area contributed by atoms with Crippen LogP contribution in [0.15, 0.2) is 0 Å². The van der Waals surface area contributed by atoms with E-state index >= 15 is 0 Å². The summed E-state index contributed by atoms with van der Waals surface area (Å²) in [7, 11) is -2.74. The Morgan fingerprint density at radius 3 is 2.75 bits per heavy atom. The minimum atomic E-state index is -2.74. The molecule has 2 fully saturated rings. The molecule has 2 saturated heterocycles. The van der Waals surface area contributed by atoms with Gasteiger partial charge in [0.1, 0.15) is 6.79 Å². The number of hydrogen-bond donors (Lipinski definition) is 1. The summed E-state index contributed by atoms with van der Waals surface area (Å²) >= 11 is 0. The molecule has 6 heteroatoms. The number of nitrogens with one attached hydrogen (secondary N) is 1. The first kappa shape index (κ1) is 12.3. The van der Waals surface area contributed by atoms with Crippen LogP contribution in [0.4, 0.5) is 0 Å². The highest BCUT2D eigenvalue weighted by atomic mass is 32.2. The number of sulfone groups is 1. The molecule has 0 bridgehead atoms. The van der Waals surface area contributed by atoms with E-state index in [9.17, 15) is 8.42 Å². The molecule has 0 aliphatic carbocycles. The van der Waals surface area contributed by atoms with Gasteiger partial charge in [-0.15, -0.1) is 0 Å². The van der Waals surface area contributed by atoms with Gasteiger partial charge < -0.3 is 14.8 Å². The lowest BCUT2D eigenvalue weighted by Gasteiger charge is -2.23. The summed E-state index contributed by atoms with van der Waals surface area (Å²) in [5.74, 6) is 0.978. The summed E-state index contributed by atoms with van der Waals surface area (Å²) in [4.78, 5) is 0. The second-order valence-corrected chi connectivity index (χ2v) is 6.76. The average molecular weight is 249 g/mol. The van der Waals surface area contributed by atoms with Crippen molar-refractivity contribution in [2.24, 2.45) is 5.92 Å². The molecule has 5 nitrogen and oxygen atoms in total. The third kappa shape index (κ3) is 3.69. The van der Waals surface area contributed by atoms with Crippen LogP contribution in [0.1, 0.15) is 12.8 Å². The quantitative estimate of drug-likeness (QED) is 0.746. The Morgan fingerprint density at radius 2 is 2.12 bits per heavy atom. The third-order valence-corrected chi connectivity index (χ3v) is 4.94. The van der Waals surface area contributed by atoms with Crippen LogP contribution in [0, 0.1) is 5.92 Å². The highest BCUT2D eigenvalue weighted by Crippen LogP contribution is 2.17. The molecule has 0 radical (unpaired) electrons. The van der Waals surface area contributed by atoms with Gasteiger partial charge >= 0.3 is 0 Å². The summed E-state index contributed by atoms with van der Waals surface area (Å²) in [5.41, 5.74) is 0. The number of rotatable bonds is 4. The summed E-state index contributed by atoms with van der Waals surface area (Å²) in [6.45, 7) is 2.70. The van der Waals surface area contributed by atoms with E-state index in [1.165, 1.54) is 0 Å². The smallest absolute Gasteiger partial charge is 0.150 e. The van der Waals surface area contributed by atoms with Crippen molar-refractivity contribution >= 4 is 9.84 Å². The molecule has 94 valence electrons. The van der Waals surface area contributed by atoms with Gasteiger partial charge in [0.25, 0.3) is 0 Å². The molecule has 2 aliphatic heterocycles. The van der Waals surface area contributed by atoms with Crippen molar-refractivity contribution in [1.29, 1.82) is 0 Å². The lowest BCUT2D eigenvalue weighted by atomic mass is 10.1. The van der Waals surface area contributed by atoms with Crippen molar-refractivity contribution in [2.45, 2.75) is 18.9 Å². The molecule has 2 heterocycles. The Bertz CT molecular complexity index is 311. The lowest BCUT2D eigenvalue weighted by molar-refractivity contribution is -0.137. The van der Waals surface area contributed by atoms with Crippen LogP contribution >= 0.6 is 0 Å². The van der Waals surface area contributed by atoms with E-state index in [0.717, 1.165) is 32.5 Å². The van der Waals surface area contributed by atoms with Gasteiger partial charge in [0.05, 0.1) is 24.2 Å². The second-order valence-electron chi connectivity index (χ2n) is 4.53. The predicted octanol–water partition coefficient (Wildman–Crippen LogP) is -0.226. The van der Waals surface area contributed by atoms with Gasteiger partial charge in [-0.3, -0.25) is 0 Å². The minimum Gasteiger partial charge on any atom is -0.355 e. The zero-order chi connectivity index (χ0) is 11.4. The highest BCUT2D eigenvalue weighted by Gasteiger charge is 2.27. The Labute approximate surface area is 96.4 Å². The fourth-order valence-corrected chi connectivity index (χ4v) is 4.01. The zero-order valence-electron chi connectivity index (χ0n) is 9.35. The fourth-order valence-electron chi connectivity index (χ4n) is 2.14. The SMILES string of the molecule is O=S1(=O)CCC(CNCC2CCOCO2)C1. The molecule has 2 rings (SSSR count). The normalized spacial score (nSPS) is 34.0. The van der Waals surface area contributed by atoms with Crippen molar-refractivity contribution in [3.05, 3.63) is 0 Å². The van der Waals surface area contributed by atoms with E-state index in [1.807, 2.05) is 0 Å². The van der Waals surface area contributed by atoms with Gasteiger partial charge in [-0.05, 0) is 25.3 Å². The van der Waals surface area contributed by atoms with Gasteiger partial charge in [0.15, 0.2) is 9.84 Å². The van der Waals surface area contributed by atoms with Crippen molar-refractivity contribution in [1.82, 2.24) is 5.32 Å². The largest absolute Gasteiger partial charge is 0.355 e. The van der Waals surface area contributed by atoms with Crippen molar-refractivity contribution in [2.75, 3.05) is 38.0 Å². The molecule has 0 saturated carbocycles. The van der Waals surface area contributed by atoms with Gasteiger partial charge in [-0.1, -0.05) is 0 Å². The number of ether oxygens (including phenoxy) is 2. The van der Waals surface area contributed by atoms with E-state index in [0.29, 0.717) is 18.3 Å². The first-order valence-electron chi connectivity index (χ1n) is 5.76. The van der Waals surface area contributed by atoms with E-state index in [-0.39, 0.29) is 12.0 Å². The van der Waals surface area contributed by atoms with Crippen LogP contribution < -0.4 is 5.32 Å². The molecule has 1 N–H and O–H groups in total. The van der Waals surface area contributed by atoms with Crippen LogP contribution in [0.5, 0.6) is 0 Å². The Hall–Kier alpha value is -0.170. The maximum absolute atomic E-state index is 11.2. The first-order valence-corrected chi connectivity index (χ1v) is 7.58. The van der Waals surface area contributed by atoms with E-state index < -0.39 is 9.84 Å². The van der Waals surface area contributed by atoms with Crippen molar-refractivity contribution < 1.29 is 17.9 Å². The topological polar surface area (TPSA) is 64.6 Å². The van der Waals surface area contributed by atoms with Gasteiger partial charge in [-0.2, -0.15) is 0 Å². The highest BCUT2D eigenvalue weighted by molar-refractivity contribution is 7.91. The van der Waals surface area contributed by atoms with Crippen LogP contribution in [-0.2, 0) is 19.3 Å². The molecule has 2 aliphatic rings. The maximum atomic E-state index is 11.2. The maximum Gasteiger partial charge on any atom is 0.150 e. The van der Waals surface area contributed by atoms with E-state index in [2.05, 4.69) is 5.32 Å². The predicted molar refractivity (Wildman–Crippen MR) is 59.9 cm³/mol. The second kappa shape index (κ2) is 5.44. The molecule has 2 unspecified atom stereocenters. The molecule has 0 amide bonds. The Morgan fingerprint density at radius 1 is 1.25 bits per heavy atom. The first-order chi connectivity index (χ1) is 7.66. The molecule has 2 atom stereocenters. The van der Waals surface area contributed by atoms with Crippen LogP contribution in [0.2, 0.25) is 0 Å². The molecule has 0 aromatic heterocycles. The average Bonchev–Trinajstić information content (AvgIpc) is 2.60. The molecular formula is C10H19NO4S. The summed E-state index contributed by atoms with van der Waals surface area (Å²) < 4.78 is 32.9. The Kier molecular flexibility index (Phi) is 4.18. The summed E-state index contributed by atoms with van der Waals surface area (Å²) in [6.07, 6.45) is 1.92. The van der Waals surface area contributed by atoms with Gasteiger partial charge in [0, 0.05) is 6.54 Å². The zero-order valence-corrected chi connectivity index (χ0v) is 10.2. The lowest BCUT2D eigenvalue weighted by Crippen LogP contribution is -2.36. The summed E-state index contributed by atoms with van der Waals surface area (Å²) in [5, 5.41) is 3.29. The van der Waals surface area contributed by atoms with Crippen LogP contribution in [-0.4, -0.2) is 52.5 Å². The minimum absolute atomic E-state index is 0.215. The molecule has 0 aromatic rings. The van der Waals surface area contributed by atoms with Gasteiger partial charge in [-0.25, -0.2) is 8.42 Å². The van der Waals surface area contributed by atoms with E-state index in [4.69, 9.17) is 9.47 Å². The molecule has 0 aromatic carbocycles. The Balaban J connectivity index is 1.61. The number of hydrogen-bond acceptors (Lipinski definition) is 5. The van der Waals surface area contributed by atoms with Crippen LogP contribution in [0.3, 0.4) is 0 Å². The van der Waals surface area contributed by atoms with Gasteiger partial charge in [0.2, 0.25) is 0 Å². The van der Waals surface area contributed by atoms with Crippen LogP contribution in [0.25, 0.3) is 0 Å².